The van der Waals surface area contributed by atoms with E-state index in [2.05, 4.69) is 51.1 Å². The summed E-state index contributed by atoms with van der Waals surface area (Å²) in [6, 6.07) is 10.8. The molecule has 106 valence electrons. The molecule has 1 saturated carbocycles. The summed E-state index contributed by atoms with van der Waals surface area (Å²) < 4.78 is 0. The van der Waals surface area contributed by atoms with Crippen LogP contribution < -0.4 is 5.73 Å². The van der Waals surface area contributed by atoms with Crippen molar-refractivity contribution in [1.29, 1.82) is 0 Å². The maximum absolute atomic E-state index is 6.83. The molecule has 1 nitrogen and oxygen atoms in total. The molecule has 0 heterocycles. The Kier molecular flexibility index (Phi) is 4.67. The molecule has 1 heteroatoms. The zero-order valence-electron chi connectivity index (χ0n) is 12.7. The second-order valence-corrected chi connectivity index (χ2v) is 6.86. The maximum Gasteiger partial charge on any atom is 0.0221 e. The summed E-state index contributed by atoms with van der Waals surface area (Å²) in [4.78, 5) is 0. The molecule has 0 bridgehead atoms. The predicted octanol–water partition coefficient (Wildman–Crippen LogP) is 4.41. The Morgan fingerprint density at radius 3 is 2.16 bits per heavy atom. The summed E-state index contributed by atoms with van der Waals surface area (Å²) in [5, 5.41) is 0. The lowest BCUT2D eigenvalue weighted by Gasteiger charge is -2.43. The van der Waals surface area contributed by atoms with Crippen LogP contribution in [-0.4, -0.2) is 5.54 Å². The van der Waals surface area contributed by atoms with E-state index in [4.69, 9.17) is 5.73 Å². The highest BCUT2D eigenvalue weighted by atomic mass is 14.8. The molecule has 3 atom stereocenters. The topological polar surface area (TPSA) is 26.0 Å². The van der Waals surface area contributed by atoms with Gasteiger partial charge in [-0.2, -0.15) is 0 Å². The quantitative estimate of drug-likeness (QED) is 0.851. The normalized spacial score (nSPS) is 30.8. The van der Waals surface area contributed by atoms with Crippen LogP contribution in [0.3, 0.4) is 0 Å². The van der Waals surface area contributed by atoms with Gasteiger partial charge in [0.05, 0.1) is 0 Å². The Morgan fingerprint density at radius 1 is 1.05 bits per heavy atom. The van der Waals surface area contributed by atoms with Gasteiger partial charge in [-0.1, -0.05) is 51.1 Å². The smallest absolute Gasteiger partial charge is 0.0221 e. The molecule has 0 spiro atoms. The summed E-state index contributed by atoms with van der Waals surface area (Å²) in [6.07, 6.45) is 6.09. The summed E-state index contributed by atoms with van der Waals surface area (Å²) in [5.74, 6) is 2.34. The van der Waals surface area contributed by atoms with Crippen molar-refractivity contribution in [2.75, 3.05) is 0 Å². The standard InChI is InChI=1S/C18H29N/c1-4-18(19,13-16-8-6-5-7-9-16)17-11-14(2)10-15(3)12-17/h5-9,14-15,17H,4,10-13,19H2,1-3H3. The van der Waals surface area contributed by atoms with Gasteiger partial charge in [0.25, 0.3) is 0 Å². The third-order valence-electron chi connectivity index (χ3n) is 5.03. The number of benzene rings is 1. The molecule has 1 fully saturated rings. The average Bonchev–Trinajstić information content (AvgIpc) is 2.38. The molecule has 0 aliphatic heterocycles. The van der Waals surface area contributed by atoms with E-state index in [0.717, 1.165) is 24.7 Å². The van der Waals surface area contributed by atoms with Crippen LogP contribution in [0, 0.1) is 17.8 Å². The summed E-state index contributed by atoms with van der Waals surface area (Å²) >= 11 is 0. The number of rotatable bonds is 4. The second kappa shape index (κ2) is 6.09. The van der Waals surface area contributed by atoms with Gasteiger partial charge in [0.15, 0.2) is 0 Å². The summed E-state index contributed by atoms with van der Waals surface area (Å²) in [5.41, 5.74) is 8.19. The Balaban J connectivity index is 2.12. The van der Waals surface area contributed by atoms with Crippen molar-refractivity contribution < 1.29 is 0 Å². The number of hydrogen-bond acceptors (Lipinski definition) is 1. The van der Waals surface area contributed by atoms with E-state index in [9.17, 15) is 0 Å². The molecule has 19 heavy (non-hydrogen) atoms. The Labute approximate surface area is 118 Å². The SMILES string of the molecule is CCC(N)(Cc1ccccc1)C1CC(C)CC(C)C1. The molecule has 1 aliphatic rings. The van der Waals surface area contributed by atoms with Gasteiger partial charge >= 0.3 is 0 Å². The fraction of sp³-hybridized carbons (Fsp3) is 0.667. The molecule has 3 unspecified atom stereocenters. The van der Waals surface area contributed by atoms with Gasteiger partial charge in [-0.25, -0.2) is 0 Å². The summed E-state index contributed by atoms with van der Waals surface area (Å²) in [6.45, 7) is 7.04. The van der Waals surface area contributed by atoms with Gasteiger partial charge in [0, 0.05) is 5.54 Å². The van der Waals surface area contributed by atoms with Crippen molar-refractivity contribution in [1.82, 2.24) is 0 Å². The lowest BCUT2D eigenvalue weighted by Crippen LogP contribution is -2.50. The Bertz CT molecular complexity index is 376. The van der Waals surface area contributed by atoms with Crippen LogP contribution >= 0.6 is 0 Å². The molecule has 2 N–H and O–H groups in total. The van der Waals surface area contributed by atoms with E-state index >= 15 is 0 Å². The first-order chi connectivity index (χ1) is 9.03. The minimum atomic E-state index is -0.0235. The van der Waals surface area contributed by atoms with Crippen LogP contribution in [0.15, 0.2) is 30.3 Å². The fourth-order valence-corrected chi connectivity index (χ4v) is 3.95. The third-order valence-corrected chi connectivity index (χ3v) is 5.03. The first-order valence-electron chi connectivity index (χ1n) is 7.86. The minimum absolute atomic E-state index is 0.0235. The second-order valence-electron chi connectivity index (χ2n) is 6.86. The van der Waals surface area contributed by atoms with Crippen LogP contribution in [0.25, 0.3) is 0 Å². The van der Waals surface area contributed by atoms with Gasteiger partial charge in [-0.15, -0.1) is 0 Å². The minimum Gasteiger partial charge on any atom is -0.325 e. The zero-order chi connectivity index (χ0) is 13.9. The van der Waals surface area contributed by atoms with Gasteiger partial charge < -0.3 is 5.73 Å². The molecular formula is C18H29N. The molecule has 0 radical (unpaired) electrons. The largest absolute Gasteiger partial charge is 0.325 e. The lowest BCUT2D eigenvalue weighted by atomic mass is 9.66. The van der Waals surface area contributed by atoms with E-state index in [1.54, 1.807) is 0 Å². The zero-order valence-corrected chi connectivity index (χ0v) is 12.7. The molecule has 2 rings (SSSR count). The molecule has 0 saturated heterocycles. The van der Waals surface area contributed by atoms with Crippen LogP contribution in [0.4, 0.5) is 0 Å². The number of hydrogen-bond donors (Lipinski definition) is 1. The van der Waals surface area contributed by atoms with Crippen molar-refractivity contribution in [2.24, 2.45) is 23.5 Å². The highest BCUT2D eigenvalue weighted by Gasteiger charge is 2.37. The first-order valence-corrected chi connectivity index (χ1v) is 7.86. The Hall–Kier alpha value is -0.820. The highest BCUT2D eigenvalue weighted by molar-refractivity contribution is 5.18. The highest BCUT2D eigenvalue weighted by Crippen LogP contribution is 2.40. The van der Waals surface area contributed by atoms with E-state index in [-0.39, 0.29) is 5.54 Å². The van der Waals surface area contributed by atoms with Crippen molar-refractivity contribution >= 4 is 0 Å². The number of nitrogens with two attached hydrogens (primary N) is 1. The average molecular weight is 259 g/mol. The molecular weight excluding hydrogens is 230 g/mol. The van der Waals surface area contributed by atoms with Crippen molar-refractivity contribution in [2.45, 2.75) is 58.4 Å². The van der Waals surface area contributed by atoms with Crippen LogP contribution in [0.2, 0.25) is 0 Å². The van der Waals surface area contributed by atoms with Crippen molar-refractivity contribution in [3.05, 3.63) is 35.9 Å². The van der Waals surface area contributed by atoms with Crippen LogP contribution in [0.1, 0.15) is 52.0 Å². The molecule has 1 aliphatic carbocycles. The van der Waals surface area contributed by atoms with Gasteiger partial charge in [0.1, 0.15) is 0 Å². The molecule has 1 aromatic rings. The van der Waals surface area contributed by atoms with E-state index < -0.39 is 0 Å². The van der Waals surface area contributed by atoms with Gasteiger partial charge in [-0.3, -0.25) is 0 Å². The monoisotopic (exact) mass is 259 g/mol. The summed E-state index contributed by atoms with van der Waals surface area (Å²) in [7, 11) is 0. The lowest BCUT2D eigenvalue weighted by molar-refractivity contribution is 0.130. The van der Waals surface area contributed by atoms with E-state index in [1.165, 1.54) is 24.8 Å². The van der Waals surface area contributed by atoms with Crippen molar-refractivity contribution in [3.8, 4) is 0 Å². The first kappa shape index (κ1) is 14.6. The van der Waals surface area contributed by atoms with Crippen LogP contribution in [0.5, 0.6) is 0 Å². The predicted molar refractivity (Wildman–Crippen MR) is 83.0 cm³/mol. The van der Waals surface area contributed by atoms with Gasteiger partial charge in [0.2, 0.25) is 0 Å². The van der Waals surface area contributed by atoms with Crippen LogP contribution in [-0.2, 0) is 6.42 Å². The molecule has 1 aromatic carbocycles. The molecule has 0 amide bonds. The van der Waals surface area contributed by atoms with Crippen molar-refractivity contribution in [3.63, 3.8) is 0 Å². The Morgan fingerprint density at radius 2 is 1.63 bits per heavy atom. The van der Waals surface area contributed by atoms with E-state index in [0.29, 0.717) is 5.92 Å². The fourth-order valence-electron chi connectivity index (χ4n) is 3.95. The third kappa shape index (κ3) is 3.60. The molecule has 0 aromatic heterocycles. The maximum atomic E-state index is 6.83. The van der Waals surface area contributed by atoms with E-state index in [1.807, 2.05) is 0 Å². The van der Waals surface area contributed by atoms with Gasteiger partial charge in [-0.05, 0) is 55.4 Å².